The predicted octanol–water partition coefficient (Wildman–Crippen LogP) is 7.64. The van der Waals surface area contributed by atoms with E-state index in [-0.39, 0.29) is 12.0 Å². The van der Waals surface area contributed by atoms with Gasteiger partial charge in [-0.15, -0.1) is 5.54 Å². The summed E-state index contributed by atoms with van der Waals surface area (Å²) in [4.78, 5) is 29.9. The number of ether oxygens (including phenoxy) is 2. The number of anilines is 1. The van der Waals surface area contributed by atoms with Crippen LogP contribution in [0.1, 0.15) is 54.5 Å². The molecule has 45 heavy (non-hydrogen) atoms. The van der Waals surface area contributed by atoms with Crippen molar-refractivity contribution in [3.8, 4) is 22.6 Å². The summed E-state index contributed by atoms with van der Waals surface area (Å²) in [5.74, 6) is 3.44. The van der Waals surface area contributed by atoms with Gasteiger partial charge in [-0.3, -0.25) is 10.2 Å². The number of hydrogen-bond donors (Lipinski definition) is 1. The summed E-state index contributed by atoms with van der Waals surface area (Å²) in [6, 6.07) is 20.9. The summed E-state index contributed by atoms with van der Waals surface area (Å²) in [7, 11) is -1.61. The number of nitrogens with zero attached hydrogens (tertiary/aromatic N) is 2. The van der Waals surface area contributed by atoms with E-state index in [2.05, 4.69) is 83.8 Å². The average molecular weight is 624 g/mol. The standard InChI is InChI=1S/C37H45N3O4Si/c1-26-28(16-21-45(5,6)7)22-27(23-34(26)38-35(41)44-37(2,3)4)24-39-17-19-40(20-18-39)36(42)43-25-33-31-14-10-8-12-29(31)30-13-9-11-15-32(30)33/h8-15,22-23,33H,17-20,24-25H2,1-7H3,(H,38,41). The fourth-order valence-electron chi connectivity index (χ4n) is 5.83. The summed E-state index contributed by atoms with van der Waals surface area (Å²) in [5.41, 5.74) is 11.3. The van der Waals surface area contributed by atoms with Gasteiger partial charge >= 0.3 is 12.2 Å². The number of nitrogens with one attached hydrogen (secondary N) is 1. The Kier molecular flexibility index (Phi) is 9.43. The van der Waals surface area contributed by atoms with Crippen molar-refractivity contribution in [2.45, 2.75) is 65.4 Å². The van der Waals surface area contributed by atoms with E-state index >= 15 is 0 Å². The Hall–Kier alpha value is -4.06. The molecule has 1 aliphatic heterocycles. The summed E-state index contributed by atoms with van der Waals surface area (Å²) in [6.45, 7) is 17.8. The van der Waals surface area contributed by atoms with E-state index in [9.17, 15) is 9.59 Å². The Morgan fingerprint density at radius 3 is 2.11 bits per heavy atom. The fraction of sp³-hybridized carbons (Fsp3) is 0.405. The van der Waals surface area contributed by atoms with E-state index in [1.807, 2.05) is 45.9 Å². The molecule has 8 heteroatoms. The number of carbonyl (C=O) groups excluding carboxylic acids is 2. The first kappa shape index (κ1) is 32.3. The Balaban J connectivity index is 1.22. The monoisotopic (exact) mass is 623 g/mol. The van der Waals surface area contributed by atoms with E-state index in [4.69, 9.17) is 9.47 Å². The lowest BCUT2D eigenvalue weighted by molar-refractivity contribution is 0.0635. The van der Waals surface area contributed by atoms with Crippen molar-refractivity contribution in [2.75, 3.05) is 38.1 Å². The van der Waals surface area contributed by atoms with Crippen LogP contribution in [-0.2, 0) is 16.0 Å². The van der Waals surface area contributed by atoms with Crippen LogP contribution in [0.2, 0.25) is 19.6 Å². The molecule has 236 valence electrons. The molecule has 0 bridgehead atoms. The summed E-state index contributed by atoms with van der Waals surface area (Å²) >= 11 is 0. The van der Waals surface area contributed by atoms with Crippen LogP contribution in [0.4, 0.5) is 15.3 Å². The summed E-state index contributed by atoms with van der Waals surface area (Å²) < 4.78 is 11.4. The van der Waals surface area contributed by atoms with Gasteiger partial charge in [0.05, 0.1) is 0 Å². The van der Waals surface area contributed by atoms with Crippen molar-refractivity contribution < 1.29 is 19.1 Å². The van der Waals surface area contributed by atoms with Gasteiger partial charge in [0, 0.05) is 49.9 Å². The molecule has 7 nitrogen and oxygen atoms in total. The van der Waals surface area contributed by atoms with Crippen LogP contribution >= 0.6 is 0 Å². The van der Waals surface area contributed by atoms with Gasteiger partial charge in [-0.25, -0.2) is 9.59 Å². The molecule has 0 spiro atoms. The number of benzene rings is 3. The predicted molar refractivity (Wildman–Crippen MR) is 183 cm³/mol. The van der Waals surface area contributed by atoms with Crippen LogP contribution < -0.4 is 5.32 Å². The first-order valence-electron chi connectivity index (χ1n) is 15.8. The van der Waals surface area contributed by atoms with Crippen LogP contribution in [0.15, 0.2) is 60.7 Å². The normalized spacial score (nSPS) is 15.0. The van der Waals surface area contributed by atoms with Crippen molar-refractivity contribution >= 4 is 25.9 Å². The van der Waals surface area contributed by atoms with Crippen molar-refractivity contribution in [2.24, 2.45) is 0 Å². The number of piperazine rings is 1. The van der Waals surface area contributed by atoms with Crippen LogP contribution in [0.3, 0.4) is 0 Å². The van der Waals surface area contributed by atoms with Crippen molar-refractivity contribution in [1.82, 2.24) is 9.80 Å². The second-order valence-corrected chi connectivity index (χ2v) is 18.8. The summed E-state index contributed by atoms with van der Waals surface area (Å²) in [5, 5.41) is 2.95. The zero-order valence-corrected chi connectivity index (χ0v) is 28.6. The molecule has 1 fully saturated rings. The Bertz CT molecular complexity index is 1590. The van der Waals surface area contributed by atoms with Gasteiger partial charge in [-0.2, -0.15) is 0 Å². The van der Waals surface area contributed by atoms with Crippen LogP contribution in [-0.4, -0.2) is 68.4 Å². The number of hydrogen-bond acceptors (Lipinski definition) is 5. The molecule has 3 aromatic rings. The van der Waals surface area contributed by atoms with Gasteiger partial charge in [0.1, 0.15) is 20.3 Å². The van der Waals surface area contributed by atoms with Gasteiger partial charge in [0.25, 0.3) is 0 Å². The van der Waals surface area contributed by atoms with Gasteiger partial charge in [-0.1, -0.05) is 74.1 Å². The lowest BCUT2D eigenvalue weighted by atomic mass is 9.98. The molecule has 5 rings (SSSR count). The fourth-order valence-corrected chi connectivity index (χ4v) is 6.34. The molecule has 0 atom stereocenters. The molecular formula is C37H45N3O4Si. The topological polar surface area (TPSA) is 71.1 Å². The third-order valence-electron chi connectivity index (χ3n) is 8.05. The largest absolute Gasteiger partial charge is 0.448 e. The molecule has 1 heterocycles. The number of fused-ring (bicyclic) bond motifs is 3. The minimum absolute atomic E-state index is 0.0471. The first-order valence-corrected chi connectivity index (χ1v) is 19.3. The molecule has 2 amide bonds. The quantitative estimate of drug-likeness (QED) is 0.234. The van der Waals surface area contributed by atoms with Gasteiger partial charge in [0.15, 0.2) is 0 Å². The van der Waals surface area contributed by atoms with Gasteiger partial charge < -0.3 is 14.4 Å². The Morgan fingerprint density at radius 2 is 1.53 bits per heavy atom. The van der Waals surface area contributed by atoms with Gasteiger partial charge in [-0.05, 0) is 73.2 Å². The number of carbonyl (C=O) groups is 2. The van der Waals surface area contributed by atoms with Crippen LogP contribution in [0, 0.1) is 18.4 Å². The molecule has 0 aromatic heterocycles. The van der Waals surface area contributed by atoms with Crippen molar-refractivity contribution in [1.29, 1.82) is 0 Å². The summed E-state index contributed by atoms with van der Waals surface area (Å²) in [6.07, 6.45) is -0.747. The van der Waals surface area contributed by atoms with E-state index in [0.717, 1.165) is 29.8 Å². The third kappa shape index (κ3) is 8.16. The van der Waals surface area contributed by atoms with Crippen molar-refractivity contribution in [3.05, 3.63) is 88.5 Å². The molecule has 0 saturated carbocycles. The maximum absolute atomic E-state index is 13.1. The number of amides is 2. The second kappa shape index (κ2) is 13.1. The minimum atomic E-state index is -1.61. The molecule has 1 saturated heterocycles. The lowest BCUT2D eigenvalue weighted by Gasteiger charge is -2.34. The Labute approximate surface area is 268 Å². The van der Waals surface area contributed by atoms with Crippen molar-refractivity contribution in [3.63, 3.8) is 0 Å². The molecular weight excluding hydrogens is 579 g/mol. The first-order chi connectivity index (χ1) is 21.3. The highest BCUT2D eigenvalue weighted by Crippen LogP contribution is 2.44. The van der Waals surface area contributed by atoms with Gasteiger partial charge in [0.2, 0.25) is 0 Å². The highest BCUT2D eigenvalue weighted by atomic mass is 28.3. The molecule has 1 aliphatic carbocycles. The maximum atomic E-state index is 13.1. The lowest BCUT2D eigenvalue weighted by Crippen LogP contribution is -2.48. The molecule has 0 unspecified atom stereocenters. The maximum Gasteiger partial charge on any atom is 0.412 e. The smallest absolute Gasteiger partial charge is 0.412 e. The third-order valence-corrected chi connectivity index (χ3v) is 8.92. The van der Waals surface area contributed by atoms with E-state index < -0.39 is 19.8 Å². The SMILES string of the molecule is Cc1c(C#C[Si](C)(C)C)cc(CN2CCN(C(=O)OCC3c4ccccc4-c4ccccc43)CC2)cc1NC(=O)OC(C)(C)C. The zero-order valence-electron chi connectivity index (χ0n) is 27.6. The van der Waals surface area contributed by atoms with E-state index in [1.54, 1.807) is 4.90 Å². The highest BCUT2D eigenvalue weighted by molar-refractivity contribution is 6.83. The highest BCUT2D eigenvalue weighted by Gasteiger charge is 2.30. The number of rotatable bonds is 5. The minimum Gasteiger partial charge on any atom is -0.448 e. The Morgan fingerprint density at radius 1 is 0.933 bits per heavy atom. The van der Waals surface area contributed by atoms with E-state index in [1.165, 1.54) is 22.3 Å². The van der Waals surface area contributed by atoms with Crippen LogP contribution in [0.25, 0.3) is 11.1 Å². The zero-order chi connectivity index (χ0) is 32.4. The van der Waals surface area contributed by atoms with Crippen LogP contribution in [0.5, 0.6) is 0 Å². The molecule has 1 N–H and O–H groups in total. The van der Waals surface area contributed by atoms with E-state index in [0.29, 0.717) is 31.9 Å². The molecule has 3 aromatic carbocycles. The molecule has 0 radical (unpaired) electrons. The second-order valence-electron chi connectivity index (χ2n) is 14.0. The molecule has 2 aliphatic rings. The average Bonchev–Trinajstić information content (AvgIpc) is 3.29.